The zero-order valence-electron chi connectivity index (χ0n) is 14.2. The molecule has 3 nitrogen and oxygen atoms in total. The van der Waals surface area contributed by atoms with Gasteiger partial charge in [-0.2, -0.15) is 13.2 Å². The zero-order valence-corrected chi connectivity index (χ0v) is 14.2. The van der Waals surface area contributed by atoms with Crippen LogP contribution >= 0.6 is 0 Å². The van der Waals surface area contributed by atoms with E-state index >= 15 is 0 Å². The summed E-state index contributed by atoms with van der Waals surface area (Å²) in [6.07, 6.45) is -0.0856. The van der Waals surface area contributed by atoms with Crippen LogP contribution in [0.3, 0.4) is 0 Å². The van der Waals surface area contributed by atoms with Crippen LogP contribution in [0.25, 0.3) is 0 Å². The number of hydrogen-bond acceptors (Lipinski definition) is 2. The average molecular weight is 354 g/mol. The SMILES string of the molecule is NC1C2CCCC1CC(C(=O)Nc1cccc(CCC(F)(F)F)c1)C2. The fourth-order valence-electron chi connectivity index (χ4n) is 4.34. The summed E-state index contributed by atoms with van der Waals surface area (Å²) in [6.45, 7) is 0. The lowest BCUT2D eigenvalue weighted by atomic mass is 9.65. The van der Waals surface area contributed by atoms with Crippen LogP contribution in [0.15, 0.2) is 24.3 Å². The summed E-state index contributed by atoms with van der Waals surface area (Å²) < 4.78 is 37.1. The van der Waals surface area contributed by atoms with E-state index in [0.29, 0.717) is 23.1 Å². The van der Waals surface area contributed by atoms with E-state index in [1.165, 1.54) is 6.42 Å². The number of halogens is 3. The van der Waals surface area contributed by atoms with Gasteiger partial charge in [-0.05, 0) is 61.6 Å². The first-order chi connectivity index (χ1) is 11.8. The number of amides is 1. The number of fused-ring (bicyclic) bond motifs is 2. The minimum absolute atomic E-state index is 0.0308. The number of hydrogen-bond donors (Lipinski definition) is 2. The highest BCUT2D eigenvalue weighted by Crippen LogP contribution is 2.42. The Bertz CT molecular complexity index is 603. The van der Waals surface area contributed by atoms with Gasteiger partial charge in [-0.1, -0.05) is 18.6 Å². The van der Waals surface area contributed by atoms with Crippen molar-refractivity contribution in [3.05, 3.63) is 29.8 Å². The minimum Gasteiger partial charge on any atom is -0.327 e. The monoisotopic (exact) mass is 354 g/mol. The van der Waals surface area contributed by atoms with Gasteiger partial charge < -0.3 is 11.1 Å². The highest BCUT2D eigenvalue weighted by molar-refractivity contribution is 5.92. The molecule has 2 saturated carbocycles. The van der Waals surface area contributed by atoms with Crippen LogP contribution < -0.4 is 11.1 Å². The van der Waals surface area contributed by atoms with E-state index in [0.717, 1.165) is 25.7 Å². The van der Waals surface area contributed by atoms with E-state index in [-0.39, 0.29) is 24.3 Å². The van der Waals surface area contributed by atoms with Crippen LogP contribution in [0, 0.1) is 17.8 Å². The van der Waals surface area contributed by atoms with Crippen molar-refractivity contribution in [1.82, 2.24) is 0 Å². The molecule has 3 rings (SSSR count). The predicted octanol–water partition coefficient (Wildman–Crippen LogP) is 4.27. The molecule has 0 radical (unpaired) electrons. The molecule has 2 aliphatic carbocycles. The lowest BCUT2D eigenvalue weighted by molar-refractivity contribution is -0.134. The van der Waals surface area contributed by atoms with Crippen molar-refractivity contribution in [1.29, 1.82) is 0 Å². The Morgan fingerprint density at radius 1 is 1.20 bits per heavy atom. The first kappa shape index (κ1) is 18.2. The molecule has 1 amide bonds. The Morgan fingerprint density at radius 3 is 2.52 bits per heavy atom. The quantitative estimate of drug-likeness (QED) is 0.848. The van der Waals surface area contributed by atoms with Crippen LogP contribution in [-0.2, 0) is 11.2 Å². The van der Waals surface area contributed by atoms with Gasteiger partial charge in [0.05, 0.1) is 0 Å². The van der Waals surface area contributed by atoms with Crippen molar-refractivity contribution in [2.75, 3.05) is 5.32 Å². The van der Waals surface area contributed by atoms with E-state index in [1.807, 2.05) is 0 Å². The molecular weight excluding hydrogens is 329 g/mol. The molecule has 3 N–H and O–H groups in total. The summed E-state index contributed by atoms with van der Waals surface area (Å²) in [7, 11) is 0. The Kier molecular flexibility index (Phi) is 5.37. The fraction of sp³-hybridized carbons (Fsp3) is 0.632. The molecule has 6 heteroatoms. The van der Waals surface area contributed by atoms with Gasteiger partial charge in [0.15, 0.2) is 0 Å². The minimum atomic E-state index is -4.17. The molecule has 2 fully saturated rings. The van der Waals surface area contributed by atoms with E-state index in [4.69, 9.17) is 5.73 Å². The number of benzene rings is 1. The number of nitrogens with two attached hydrogens (primary N) is 1. The molecular formula is C19H25F3N2O. The molecule has 0 spiro atoms. The average Bonchev–Trinajstić information content (AvgIpc) is 2.52. The van der Waals surface area contributed by atoms with Gasteiger partial charge in [0.2, 0.25) is 5.91 Å². The standard InChI is InChI=1S/C19H25F3N2O/c20-19(21,22)8-7-12-3-1-6-16(9-12)24-18(25)15-10-13-4-2-5-14(11-15)17(13)23/h1,3,6,9,13-15,17H,2,4-5,7-8,10-11,23H2,(H,24,25). The van der Waals surface area contributed by atoms with E-state index in [2.05, 4.69) is 5.32 Å². The highest BCUT2D eigenvalue weighted by Gasteiger charge is 2.40. The molecule has 138 valence electrons. The molecule has 0 saturated heterocycles. The van der Waals surface area contributed by atoms with Crippen LogP contribution in [-0.4, -0.2) is 18.1 Å². The van der Waals surface area contributed by atoms with Gasteiger partial charge in [-0.3, -0.25) is 4.79 Å². The van der Waals surface area contributed by atoms with Crippen LogP contribution in [0.5, 0.6) is 0 Å². The zero-order chi connectivity index (χ0) is 18.0. The Balaban J connectivity index is 1.59. The summed E-state index contributed by atoms with van der Waals surface area (Å²) in [5, 5.41) is 2.89. The van der Waals surface area contributed by atoms with Crippen molar-refractivity contribution in [2.45, 2.75) is 57.2 Å². The molecule has 2 unspecified atom stereocenters. The second-order valence-corrected chi connectivity index (χ2v) is 7.50. The third-order valence-corrected chi connectivity index (χ3v) is 5.68. The van der Waals surface area contributed by atoms with E-state index in [9.17, 15) is 18.0 Å². The van der Waals surface area contributed by atoms with Crippen LogP contribution in [0.2, 0.25) is 0 Å². The lowest BCUT2D eigenvalue weighted by Crippen LogP contribution is -2.48. The van der Waals surface area contributed by atoms with Crippen LogP contribution in [0.4, 0.5) is 18.9 Å². The van der Waals surface area contributed by atoms with Crippen molar-refractivity contribution >= 4 is 11.6 Å². The maximum absolute atomic E-state index is 12.6. The van der Waals surface area contributed by atoms with Gasteiger partial charge in [0.25, 0.3) is 0 Å². The van der Waals surface area contributed by atoms with E-state index in [1.54, 1.807) is 24.3 Å². The summed E-state index contributed by atoms with van der Waals surface area (Å²) in [5.41, 5.74) is 7.42. The second kappa shape index (κ2) is 7.36. The number of carbonyl (C=O) groups is 1. The smallest absolute Gasteiger partial charge is 0.327 e. The molecule has 1 aromatic rings. The summed E-state index contributed by atoms with van der Waals surface area (Å²) in [5.74, 6) is 0.758. The Labute approximate surface area is 146 Å². The van der Waals surface area contributed by atoms with Gasteiger partial charge >= 0.3 is 6.18 Å². The van der Waals surface area contributed by atoms with Crippen molar-refractivity contribution in [2.24, 2.45) is 23.5 Å². The molecule has 1 aromatic carbocycles. The molecule has 2 bridgehead atoms. The number of nitrogens with one attached hydrogen (secondary N) is 1. The number of carbonyl (C=O) groups excluding carboxylic acids is 1. The maximum atomic E-state index is 12.6. The largest absolute Gasteiger partial charge is 0.389 e. The number of alkyl halides is 3. The second-order valence-electron chi connectivity index (χ2n) is 7.50. The summed E-state index contributed by atoms with van der Waals surface area (Å²) >= 11 is 0. The fourth-order valence-corrected chi connectivity index (χ4v) is 4.34. The molecule has 2 aliphatic rings. The third-order valence-electron chi connectivity index (χ3n) is 5.68. The van der Waals surface area contributed by atoms with Crippen molar-refractivity contribution in [3.63, 3.8) is 0 Å². The first-order valence-corrected chi connectivity index (χ1v) is 9.04. The molecule has 0 aliphatic heterocycles. The number of aryl methyl sites for hydroxylation is 1. The first-order valence-electron chi connectivity index (χ1n) is 9.04. The Hall–Kier alpha value is -1.56. The summed E-state index contributed by atoms with van der Waals surface area (Å²) in [4.78, 5) is 12.6. The van der Waals surface area contributed by atoms with Crippen molar-refractivity contribution < 1.29 is 18.0 Å². The number of anilines is 1. The van der Waals surface area contributed by atoms with Gasteiger partial charge in [-0.15, -0.1) is 0 Å². The molecule has 0 aromatic heterocycles. The molecule has 0 heterocycles. The lowest BCUT2D eigenvalue weighted by Gasteiger charge is -2.43. The third kappa shape index (κ3) is 4.75. The Morgan fingerprint density at radius 2 is 1.88 bits per heavy atom. The molecule has 2 atom stereocenters. The summed E-state index contributed by atoms with van der Waals surface area (Å²) in [6, 6.07) is 6.92. The van der Waals surface area contributed by atoms with Gasteiger partial charge in [0.1, 0.15) is 0 Å². The maximum Gasteiger partial charge on any atom is 0.389 e. The van der Waals surface area contributed by atoms with Crippen LogP contribution in [0.1, 0.15) is 44.1 Å². The predicted molar refractivity (Wildman–Crippen MR) is 91.0 cm³/mol. The van der Waals surface area contributed by atoms with Crippen molar-refractivity contribution in [3.8, 4) is 0 Å². The van der Waals surface area contributed by atoms with Gasteiger partial charge in [0, 0.05) is 24.1 Å². The topological polar surface area (TPSA) is 55.1 Å². The van der Waals surface area contributed by atoms with E-state index < -0.39 is 12.6 Å². The normalized spacial score (nSPS) is 29.3. The van der Waals surface area contributed by atoms with Gasteiger partial charge in [-0.25, -0.2) is 0 Å². The molecule has 25 heavy (non-hydrogen) atoms. The highest BCUT2D eigenvalue weighted by atomic mass is 19.4. The number of rotatable bonds is 4.